The van der Waals surface area contributed by atoms with Crippen LogP contribution in [-0.2, 0) is 9.59 Å². The molecule has 0 saturated carbocycles. The molecule has 8 heteroatoms. The minimum absolute atomic E-state index is 0.0422. The van der Waals surface area contributed by atoms with Crippen molar-refractivity contribution in [2.45, 2.75) is 45.6 Å². The second-order valence-corrected chi connectivity index (χ2v) is 9.61. The maximum atomic E-state index is 12.8. The third-order valence-corrected chi connectivity index (χ3v) is 7.32. The third kappa shape index (κ3) is 5.37. The number of hydrogen-bond donors (Lipinski definition) is 1. The lowest BCUT2D eigenvalue weighted by Crippen LogP contribution is -2.36. The van der Waals surface area contributed by atoms with Gasteiger partial charge in [0.05, 0.1) is 22.8 Å². The Morgan fingerprint density at radius 1 is 1.11 bits per heavy atom. The highest BCUT2D eigenvalue weighted by molar-refractivity contribution is 8.00. The molecule has 0 bridgehead atoms. The maximum Gasteiger partial charge on any atom is 0.237 e. The Morgan fingerprint density at radius 2 is 1.86 bits per heavy atom. The third-order valence-electron chi connectivity index (χ3n) is 6.29. The molecule has 1 N–H and O–H groups in total. The molecule has 184 valence electrons. The fourth-order valence-corrected chi connectivity index (χ4v) is 5.51. The molecule has 0 atom stereocenters. The predicted molar refractivity (Wildman–Crippen MR) is 144 cm³/mol. The molecule has 1 aliphatic rings. The molecule has 0 radical (unpaired) electrons. The average molecular weight is 492 g/mol. The monoisotopic (exact) mass is 491 g/mol. The smallest absolute Gasteiger partial charge is 0.237 e. The molecule has 3 aromatic rings. The van der Waals surface area contributed by atoms with Gasteiger partial charge in [-0.2, -0.15) is 5.10 Å². The molecule has 0 spiro atoms. The molecule has 0 unspecified atom stereocenters. The number of nitrogens with one attached hydrogen (secondary N) is 1. The highest BCUT2D eigenvalue weighted by Crippen LogP contribution is 2.39. The summed E-state index contributed by atoms with van der Waals surface area (Å²) in [6, 6.07) is 16.1. The lowest BCUT2D eigenvalue weighted by molar-refractivity contribution is -0.117. The van der Waals surface area contributed by atoms with Crippen LogP contribution < -0.4 is 15.1 Å². The summed E-state index contributed by atoms with van der Waals surface area (Å²) in [5.41, 5.74) is 5.68. The maximum absolute atomic E-state index is 12.8. The number of hydrogen-bond acceptors (Lipinski definition) is 5. The largest absolute Gasteiger partial charge is 0.372 e. The van der Waals surface area contributed by atoms with Crippen molar-refractivity contribution in [3.05, 3.63) is 59.8 Å². The summed E-state index contributed by atoms with van der Waals surface area (Å²) < 4.78 is 1.91. The number of rotatable bonds is 9. The first-order valence-electron chi connectivity index (χ1n) is 12.2. The number of para-hydroxylation sites is 1. The summed E-state index contributed by atoms with van der Waals surface area (Å²) in [5, 5.41) is 8.72. The van der Waals surface area contributed by atoms with Crippen LogP contribution in [0, 0.1) is 13.8 Å². The Morgan fingerprint density at radius 3 is 2.54 bits per heavy atom. The number of aromatic nitrogens is 2. The highest BCUT2D eigenvalue weighted by atomic mass is 32.2. The molecule has 2 aromatic carbocycles. The molecule has 0 saturated heterocycles. The van der Waals surface area contributed by atoms with Gasteiger partial charge in [0.15, 0.2) is 0 Å². The summed E-state index contributed by atoms with van der Waals surface area (Å²) in [7, 11) is 0. The molecular weight excluding hydrogens is 458 g/mol. The second kappa shape index (κ2) is 11.0. The molecule has 2 amide bonds. The van der Waals surface area contributed by atoms with Crippen molar-refractivity contribution in [1.29, 1.82) is 0 Å². The van der Waals surface area contributed by atoms with E-state index in [1.54, 1.807) is 4.90 Å². The molecule has 35 heavy (non-hydrogen) atoms. The van der Waals surface area contributed by atoms with E-state index in [1.807, 2.05) is 61.0 Å². The van der Waals surface area contributed by atoms with Crippen molar-refractivity contribution < 1.29 is 9.59 Å². The van der Waals surface area contributed by atoms with E-state index in [1.165, 1.54) is 11.8 Å². The molecule has 4 rings (SSSR count). The Hall–Kier alpha value is -3.26. The lowest BCUT2D eigenvalue weighted by atomic mass is 10.1. The van der Waals surface area contributed by atoms with Crippen LogP contribution in [0.4, 0.5) is 17.1 Å². The van der Waals surface area contributed by atoms with Gasteiger partial charge in [0.2, 0.25) is 11.8 Å². The van der Waals surface area contributed by atoms with Gasteiger partial charge in [0.25, 0.3) is 0 Å². The number of anilines is 3. The zero-order chi connectivity index (χ0) is 24.9. The molecule has 1 aliphatic heterocycles. The quantitative estimate of drug-likeness (QED) is 0.446. The van der Waals surface area contributed by atoms with Crippen molar-refractivity contribution in [2.24, 2.45) is 0 Å². The second-order valence-electron chi connectivity index (χ2n) is 8.64. The van der Waals surface area contributed by atoms with Crippen LogP contribution in [0.5, 0.6) is 0 Å². The van der Waals surface area contributed by atoms with Crippen LogP contribution >= 0.6 is 11.8 Å². The van der Waals surface area contributed by atoms with Gasteiger partial charge in [-0.05, 0) is 70.0 Å². The normalized spacial score (nSPS) is 13.0. The van der Waals surface area contributed by atoms with E-state index in [0.29, 0.717) is 25.1 Å². The van der Waals surface area contributed by atoms with Gasteiger partial charge in [-0.25, -0.2) is 4.68 Å². The van der Waals surface area contributed by atoms with Crippen molar-refractivity contribution in [3.63, 3.8) is 0 Å². The van der Waals surface area contributed by atoms with E-state index in [2.05, 4.69) is 30.1 Å². The van der Waals surface area contributed by atoms with Crippen molar-refractivity contribution in [2.75, 3.05) is 40.5 Å². The van der Waals surface area contributed by atoms with E-state index in [9.17, 15) is 9.59 Å². The average Bonchev–Trinajstić information content (AvgIpc) is 3.20. The summed E-state index contributed by atoms with van der Waals surface area (Å²) in [5.74, 6) is 0.385. The Balaban J connectivity index is 1.40. The van der Waals surface area contributed by atoms with E-state index in [0.717, 1.165) is 52.1 Å². The molecule has 7 nitrogen and oxygen atoms in total. The van der Waals surface area contributed by atoms with Crippen LogP contribution in [0.3, 0.4) is 0 Å². The fourth-order valence-electron chi connectivity index (χ4n) is 4.44. The number of carbonyl (C=O) groups excluding carboxylic acids is 2. The molecule has 2 heterocycles. The van der Waals surface area contributed by atoms with E-state index < -0.39 is 0 Å². The molecule has 1 aromatic heterocycles. The lowest BCUT2D eigenvalue weighted by Gasteiger charge is -2.27. The van der Waals surface area contributed by atoms with Crippen LogP contribution in [0.1, 0.15) is 37.9 Å². The topological polar surface area (TPSA) is 70.5 Å². The summed E-state index contributed by atoms with van der Waals surface area (Å²) in [6.07, 6.45) is 0.920. The standard InChI is InChI=1S/C27H33N5O2S/c1-5-30(6-2)22-14-15-23(19(3)17-22)28-24(33)13-10-16-31-25(34)18-35-27-26(31)20(4)29-32(27)21-11-8-7-9-12-21/h7-9,11-12,14-15,17H,5-6,10,13,16,18H2,1-4H3,(H,28,33). The van der Waals surface area contributed by atoms with Gasteiger partial charge in [0, 0.05) is 37.4 Å². The first-order chi connectivity index (χ1) is 16.9. The Labute approximate surface area is 211 Å². The zero-order valence-electron chi connectivity index (χ0n) is 20.9. The van der Waals surface area contributed by atoms with Crippen LogP contribution in [0.15, 0.2) is 53.6 Å². The number of carbonyl (C=O) groups is 2. The highest BCUT2D eigenvalue weighted by Gasteiger charge is 2.31. The molecule has 0 aliphatic carbocycles. The van der Waals surface area contributed by atoms with E-state index in [-0.39, 0.29) is 11.8 Å². The van der Waals surface area contributed by atoms with Crippen LogP contribution in [-0.4, -0.2) is 47.0 Å². The first kappa shape index (κ1) is 24.9. The van der Waals surface area contributed by atoms with Crippen molar-refractivity contribution >= 4 is 40.6 Å². The number of fused-ring (bicyclic) bond motifs is 1. The minimum Gasteiger partial charge on any atom is -0.372 e. The number of benzene rings is 2. The first-order valence-corrected chi connectivity index (χ1v) is 13.1. The van der Waals surface area contributed by atoms with Crippen molar-refractivity contribution in [1.82, 2.24) is 9.78 Å². The number of thioether (sulfide) groups is 1. The SMILES string of the molecule is CCN(CC)c1ccc(NC(=O)CCCN2C(=O)CSc3c2c(C)nn3-c2ccccc2)c(C)c1. The van der Waals surface area contributed by atoms with Gasteiger partial charge in [-0.3, -0.25) is 9.59 Å². The van der Waals surface area contributed by atoms with Gasteiger partial charge in [0.1, 0.15) is 5.03 Å². The summed E-state index contributed by atoms with van der Waals surface area (Å²) >= 11 is 1.52. The van der Waals surface area contributed by atoms with E-state index >= 15 is 0 Å². The zero-order valence-corrected chi connectivity index (χ0v) is 21.7. The summed E-state index contributed by atoms with van der Waals surface area (Å²) in [4.78, 5) is 29.5. The van der Waals surface area contributed by atoms with Crippen LogP contribution in [0.25, 0.3) is 5.69 Å². The van der Waals surface area contributed by atoms with E-state index in [4.69, 9.17) is 5.10 Å². The molecular formula is C27H33N5O2S. The number of aryl methyl sites for hydroxylation is 2. The predicted octanol–water partition coefficient (Wildman–Crippen LogP) is 5.19. The Bertz CT molecular complexity index is 1200. The van der Waals surface area contributed by atoms with Gasteiger partial charge in [-0.15, -0.1) is 0 Å². The number of nitrogens with zero attached hydrogens (tertiary/aromatic N) is 4. The number of amides is 2. The van der Waals surface area contributed by atoms with Gasteiger partial charge >= 0.3 is 0 Å². The van der Waals surface area contributed by atoms with Gasteiger partial charge < -0.3 is 15.1 Å². The van der Waals surface area contributed by atoms with Gasteiger partial charge in [-0.1, -0.05) is 30.0 Å². The molecule has 0 fully saturated rings. The fraction of sp³-hybridized carbons (Fsp3) is 0.370. The Kier molecular flexibility index (Phi) is 7.80. The summed E-state index contributed by atoms with van der Waals surface area (Å²) in [6.45, 7) is 10.6. The van der Waals surface area contributed by atoms with Crippen LogP contribution in [0.2, 0.25) is 0 Å². The van der Waals surface area contributed by atoms with Crippen molar-refractivity contribution in [3.8, 4) is 5.69 Å². The minimum atomic E-state index is -0.0422.